The molecule has 25 heavy (non-hydrogen) atoms. The zero-order chi connectivity index (χ0) is 17.8. The highest BCUT2D eigenvalue weighted by atomic mass is 19.1. The molecule has 0 aliphatic heterocycles. The van der Waals surface area contributed by atoms with E-state index in [-0.39, 0.29) is 24.3 Å². The second kappa shape index (κ2) is 7.25. The zero-order valence-corrected chi connectivity index (χ0v) is 14.0. The van der Waals surface area contributed by atoms with E-state index in [0.29, 0.717) is 23.4 Å². The van der Waals surface area contributed by atoms with E-state index < -0.39 is 0 Å². The first-order chi connectivity index (χ1) is 12.0. The minimum Gasteiger partial charge on any atom is -0.352 e. The van der Waals surface area contributed by atoms with Crippen molar-refractivity contribution in [2.75, 3.05) is 18.5 Å². The van der Waals surface area contributed by atoms with Gasteiger partial charge in [0.2, 0.25) is 5.91 Å². The maximum Gasteiger partial charge on any atom is 0.239 e. The van der Waals surface area contributed by atoms with Gasteiger partial charge in [0.05, 0.1) is 12.9 Å². The predicted molar refractivity (Wildman–Crippen MR) is 92.7 cm³/mol. The number of aromatic nitrogens is 4. The highest BCUT2D eigenvalue weighted by molar-refractivity contribution is 5.87. The molecule has 0 radical (unpaired) electrons. The molecule has 7 nitrogen and oxygen atoms in total. The molecule has 2 heterocycles. The van der Waals surface area contributed by atoms with E-state index in [2.05, 4.69) is 25.3 Å². The van der Waals surface area contributed by atoms with Gasteiger partial charge in [0.25, 0.3) is 0 Å². The summed E-state index contributed by atoms with van der Waals surface area (Å²) in [6.45, 7) is 2.07. The van der Waals surface area contributed by atoms with E-state index in [1.807, 2.05) is 6.92 Å². The number of benzene rings is 1. The SMILES string of the molecule is CC(Cc1ccc(F)cc1)NC(=O)CN(C)c1ncnc2nc[nH]c12. The second-order valence-electron chi connectivity index (χ2n) is 5.95. The lowest BCUT2D eigenvalue weighted by molar-refractivity contribution is -0.120. The maximum atomic E-state index is 12.9. The zero-order valence-electron chi connectivity index (χ0n) is 14.0. The Morgan fingerprint density at radius 1 is 1.28 bits per heavy atom. The van der Waals surface area contributed by atoms with Gasteiger partial charge in [-0.05, 0) is 31.0 Å². The van der Waals surface area contributed by atoms with Gasteiger partial charge in [-0.15, -0.1) is 0 Å². The number of hydrogen-bond acceptors (Lipinski definition) is 5. The van der Waals surface area contributed by atoms with Crippen LogP contribution in [0.3, 0.4) is 0 Å². The van der Waals surface area contributed by atoms with Crippen LogP contribution in [-0.2, 0) is 11.2 Å². The largest absolute Gasteiger partial charge is 0.352 e. The van der Waals surface area contributed by atoms with Crippen LogP contribution in [0.25, 0.3) is 11.2 Å². The number of fused-ring (bicyclic) bond motifs is 1. The number of nitrogens with one attached hydrogen (secondary N) is 2. The smallest absolute Gasteiger partial charge is 0.239 e. The summed E-state index contributed by atoms with van der Waals surface area (Å²) in [6, 6.07) is 6.22. The van der Waals surface area contributed by atoms with Crippen LogP contribution in [-0.4, -0.2) is 45.5 Å². The third-order valence-electron chi connectivity index (χ3n) is 3.81. The number of halogens is 1. The van der Waals surface area contributed by atoms with Gasteiger partial charge in [-0.2, -0.15) is 0 Å². The van der Waals surface area contributed by atoms with Crippen molar-refractivity contribution in [3.63, 3.8) is 0 Å². The summed E-state index contributed by atoms with van der Waals surface area (Å²) in [5.41, 5.74) is 2.22. The van der Waals surface area contributed by atoms with Gasteiger partial charge in [-0.25, -0.2) is 19.3 Å². The molecule has 130 valence electrons. The Morgan fingerprint density at radius 2 is 2.04 bits per heavy atom. The van der Waals surface area contributed by atoms with Crippen molar-refractivity contribution in [1.82, 2.24) is 25.3 Å². The molecule has 0 aliphatic rings. The number of carbonyl (C=O) groups excluding carboxylic acids is 1. The van der Waals surface area contributed by atoms with E-state index >= 15 is 0 Å². The molecule has 0 bridgehead atoms. The maximum absolute atomic E-state index is 12.9. The highest BCUT2D eigenvalue weighted by Crippen LogP contribution is 2.17. The van der Waals surface area contributed by atoms with Crippen LogP contribution in [0.4, 0.5) is 10.2 Å². The van der Waals surface area contributed by atoms with E-state index in [4.69, 9.17) is 0 Å². The first-order valence-electron chi connectivity index (χ1n) is 7.92. The lowest BCUT2D eigenvalue weighted by Gasteiger charge is -2.20. The lowest BCUT2D eigenvalue weighted by Crippen LogP contribution is -2.41. The minimum atomic E-state index is -0.267. The van der Waals surface area contributed by atoms with Crippen molar-refractivity contribution in [2.24, 2.45) is 0 Å². The molecule has 0 aliphatic carbocycles. The molecular weight excluding hydrogens is 323 g/mol. The summed E-state index contributed by atoms with van der Waals surface area (Å²) >= 11 is 0. The minimum absolute atomic E-state index is 0.0658. The molecule has 0 fully saturated rings. The van der Waals surface area contributed by atoms with Crippen LogP contribution >= 0.6 is 0 Å². The molecule has 3 aromatic rings. The number of aromatic amines is 1. The number of nitrogens with zero attached hydrogens (tertiary/aromatic N) is 4. The number of carbonyl (C=O) groups is 1. The summed E-state index contributed by atoms with van der Waals surface area (Å²) in [5, 5.41) is 2.94. The number of amides is 1. The number of likely N-dealkylation sites (N-methyl/N-ethyl adjacent to an activating group) is 1. The lowest BCUT2D eigenvalue weighted by atomic mass is 10.1. The van der Waals surface area contributed by atoms with Gasteiger partial charge in [0, 0.05) is 13.1 Å². The molecule has 1 aromatic carbocycles. The van der Waals surface area contributed by atoms with E-state index in [0.717, 1.165) is 5.56 Å². The van der Waals surface area contributed by atoms with Crippen molar-refractivity contribution in [3.8, 4) is 0 Å². The Hall–Kier alpha value is -3.03. The molecule has 1 atom stereocenters. The van der Waals surface area contributed by atoms with Crippen LogP contribution in [0, 0.1) is 5.82 Å². The number of imidazole rings is 1. The fraction of sp³-hybridized carbons (Fsp3) is 0.294. The van der Waals surface area contributed by atoms with Crippen LogP contribution in [0.5, 0.6) is 0 Å². The fourth-order valence-electron chi connectivity index (χ4n) is 2.68. The standard InChI is InChI=1S/C17H19FN6O/c1-11(7-12-3-5-13(18)6-4-12)23-14(25)8-24(2)17-15-16(20-9-19-15)21-10-22-17/h3-6,9-11H,7-8H2,1-2H3,(H,23,25)(H,19,20,21,22). The number of anilines is 1. The highest BCUT2D eigenvalue weighted by Gasteiger charge is 2.15. The molecule has 2 aromatic heterocycles. The fourth-order valence-corrected chi connectivity index (χ4v) is 2.68. The Balaban J connectivity index is 1.58. The second-order valence-corrected chi connectivity index (χ2v) is 5.95. The first kappa shape index (κ1) is 16.8. The summed E-state index contributed by atoms with van der Waals surface area (Å²) in [6.07, 6.45) is 3.60. The van der Waals surface area contributed by atoms with Crippen LogP contribution in [0.2, 0.25) is 0 Å². The van der Waals surface area contributed by atoms with Crippen molar-refractivity contribution in [1.29, 1.82) is 0 Å². The molecule has 1 amide bonds. The normalized spacial score (nSPS) is 12.1. The molecule has 8 heteroatoms. The van der Waals surface area contributed by atoms with Gasteiger partial charge in [-0.1, -0.05) is 12.1 Å². The summed E-state index contributed by atoms with van der Waals surface area (Å²) in [5.74, 6) is 0.226. The Labute approximate surface area is 144 Å². The third-order valence-corrected chi connectivity index (χ3v) is 3.81. The molecule has 3 rings (SSSR count). The molecular formula is C17H19FN6O. The van der Waals surface area contributed by atoms with Gasteiger partial charge in [0.1, 0.15) is 17.7 Å². The molecule has 0 saturated heterocycles. The predicted octanol–water partition coefficient (Wildman–Crippen LogP) is 1.68. The van der Waals surface area contributed by atoms with E-state index in [1.54, 1.807) is 30.4 Å². The summed E-state index contributed by atoms with van der Waals surface area (Å²) in [4.78, 5) is 29.3. The van der Waals surface area contributed by atoms with Crippen molar-refractivity contribution >= 4 is 22.9 Å². The summed E-state index contributed by atoms with van der Waals surface area (Å²) in [7, 11) is 1.78. The van der Waals surface area contributed by atoms with Crippen molar-refractivity contribution in [2.45, 2.75) is 19.4 Å². The number of rotatable bonds is 6. The molecule has 2 N–H and O–H groups in total. The van der Waals surface area contributed by atoms with Gasteiger partial charge >= 0.3 is 0 Å². The average molecular weight is 342 g/mol. The third kappa shape index (κ3) is 4.09. The molecule has 0 saturated carbocycles. The Kier molecular flexibility index (Phi) is 4.87. The van der Waals surface area contributed by atoms with E-state index in [1.165, 1.54) is 18.5 Å². The first-order valence-corrected chi connectivity index (χ1v) is 7.92. The average Bonchev–Trinajstić information content (AvgIpc) is 3.05. The summed E-state index contributed by atoms with van der Waals surface area (Å²) < 4.78 is 12.9. The quantitative estimate of drug-likeness (QED) is 0.712. The van der Waals surface area contributed by atoms with Crippen molar-refractivity contribution in [3.05, 3.63) is 48.3 Å². The molecule has 1 unspecified atom stereocenters. The van der Waals surface area contributed by atoms with Gasteiger partial charge in [-0.3, -0.25) is 4.79 Å². The van der Waals surface area contributed by atoms with Crippen LogP contribution in [0.1, 0.15) is 12.5 Å². The number of H-pyrrole nitrogens is 1. The van der Waals surface area contributed by atoms with E-state index in [9.17, 15) is 9.18 Å². The topological polar surface area (TPSA) is 86.8 Å². The van der Waals surface area contributed by atoms with Crippen LogP contribution < -0.4 is 10.2 Å². The van der Waals surface area contributed by atoms with Gasteiger partial charge < -0.3 is 15.2 Å². The number of hydrogen-bond donors (Lipinski definition) is 2. The Morgan fingerprint density at radius 3 is 2.80 bits per heavy atom. The molecule has 0 spiro atoms. The monoisotopic (exact) mass is 342 g/mol. The van der Waals surface area contributed by atoms with Gasteiger partial charge in [0.15, 0.2) is 11.5 Å². The van der Waals surface area contributed by atoms with Crippen LogP contribution in [0.15, 0.2) is 36.9 Å². The Bertz CT molecular complexity index is 863. The van der Waals surface area contributed by atoms with Crippen molar-refractivity contribution < 1.29 is 9.18 Å².